The minimum atomic E-state index is 0.291. The summed E-state index contributed by atoms with van der Waals surface area (Å²) in [5.41, 5.74) is 1.41. The molecule has 1 aromatic heterocycles. The summed E-state index contributed by atoms with van der Waals surface area (Å²) in [6, 6.07) is 9.15. The van der Waals surface area contributed by atoms with Crippen molar-refractivity contribution in [2.24, 2.45) is 0 Å². The molecule has 3 heteroatoms. The van der Waals surface area contributed by atoms with Crippen LogP contribution in [-0.4, -0.2) is 22.0 Å². The van der Waals surface area contributed by atoms with E-state index in [-0.39, 0.29) is 0 Å². The van der Waals surface area contributed by atoms with Crippen molar-refractivity contribution in [2.75, 3.05) is 12.3 Å². The summed E-state index contributed by atoms with van der Waals surface area (Å²) in [7, 11) is 0. The summed E-state index contributed by atoms with van der Waals surface area (Å²) in [6.45, 7) is 5.73. The first-order chi connectivity index (χ1) is 10.2. The number of nitrogens with zero attached hydrogens (tertiary/aromatic N) is 1. The Labute approximate surface area is 131 Å². The molecule has 3 rings (SSSR count). The molecule has 1 aromatic carbocycles. The van der Waals surface area contributed by atoms with Crippen LogP contribution in [0.3, 0.4) is 0 Å². The Balaban J connectivity index is 2.05. The van der Waals surface area contributed by atoms with E-state index in [4.69, 9.17) is 0 Å². The summed E-state index contributed by atoms with van der Waals surface area (Å²) in [4.78, 5) is 4.35. The summed E-state index contributed by atoms with van der Waals surface area (Å²) >= 11 is 2.12. The summed E-state index contributed by atoms with van der Waals surface area (Å²) in [5, 5.41) is 6.39. The van der Waals surface area contributed by atoms with Gasteiger partial charge in [-0.2, -0.15) is 11.8 Å². The van der Waals surface area contributed by atoms with Crippen LogP contribution in [0.25, 0.3) is 10.8 Å². The van der Waals surface area contributed by atoms with Crippen LogP contribution in [0.2, 0.25) is 0 Å². The van der Waals surface area contributed by atoms with Crippen LogP contribution in [0, 0.1) is 0 Å². The lowest BCUT2D eigenvalue weighted by Crippen LogP contribution is -2.38. The highest BCUT2D eigenvalue weighted by Gasteiger charge is 2.38. The topological polar surface area (TPSA) is 24.9 Å². The van der Waals surface area contributed by atoms with Gasteiger partial charge in [0.2, 0.25) is 0 Å². The molecule has 0 aliphatic carbocycles. The predicted octanol–water partition coefficient (Wildman–Crippen LogP) is 4.56. The zero-order chi connectivity index (χ0) is 14.7. The van der Waals surface area contributed by atoms with E-state index < -0.39 is 0 Å². The SMILES string of the molecule is CCCNC(c1cccc2ccncc12)C1(C)CCCS1. The Hall–Kier alpha value is -1.06. The quantitative estimate of drug-likeness (QED) is 0.876. The number of hydrogen-bond acceptors (Lipinski definition) is 3. The van der Waals surface area contributed by atoms with Crippen LogP contribution >= 0.6 is 11.8 Å². The first kappa shape index (κ1) is 14.9. The molecule has 2 heterocycles. The second-order valence-corrected chi connectivity index (χ2v) is 7.73. The molecule has 0 radical (unpaired) electrons. The van der Waals surface area contributed by atoms with Gasteiger partial charge in [0.05, 0.1) is 0 Å². The molecule has 112 valence electrons. The molecule has 0 spiro atoms. The lowest BCUT2D eigenvalue weighted by Gasteiger charge is -2.35. The summed E-state index contributed by atoms with van der Waals surface area (Å²) in [6.07, 6.45) is 7.69. The number of pyridine rings is 1. The highest BCUT2D eigenvalue weighted by Crippen LogP contribution is 2.47. The third kappa shape index (κ3) is 2.95. The van der Waals surface area contributed by atoms with Crippen LogP contribution in [0.5, 0.6) is 0 Å². The van der Waals surface area contributed by atoms with Gasteiger partial charge in [-0.15, -0.1) is 0 Å². The molecule has 21 heavy (non-hydrogen) atoms. The fourth-order valence-electron chi connectivity index (χ4n) is 3.36. The fourth-order valence-corrected chi connectivity index (χ4v) is 4.78. The normalized spacial score (nSPS) is 23.5. The molecule has 2 nitrogen and oxygen atoms in total. The molecular weight excluding hydrogens is 276 g/mol. The second kappa shape index (κ2) is 6.37. The average molecular weight is 300 g/mol. The van der Waals surface area contributed by atoms with Gasteiger partial charge in [0.25, 0.3) is 0 Å². The van der Waals surface area contributed by atoms with Crippen LogP contribution in [-0.2, 0) is 0 Å². The van der Waals surface area contributed by atoms with Gasteiger partial charge in [-0.05, 0) is 55.5 Å². The van der Waals surface area contributed by atoms with E-state index in [0.29, 0.717) is 10.8 Å². The van der Waals surface area contributed by atoms with Crippen molar-refractivity contribution in [3.63, 3.8) is 0 Å². The van der Waals surface area contributed by atoms with E-state index in [0.717, 1.165) is 6.54 Å². The van der Waals surface area contributed by atoms with Crippen LogP contribution in [0.1, 0.15) is 44.7 Å². The van der Waals surface area contributed by atoms with Crippen LogP contribution < -0.4 is 5.32 Å². The Kier molecular flexibility index (Phi) is 4.51. The van der Waals surface area contributed by atoms with Crippen LogP contribution in [0.4, 0.5) is 0 Å². The van der Waals surface area contributed by atoms with Gasteiger partial charge in [-0.1, -0.05) is 25.1 Å². The van der Waals surface area contributed by atoms with Crippen molar-refractivity contribution in [1.82, 2.24) is 10.3 Å². The summed E-state index contributed by atoms with van der Waals surface area (Å²) in [5.74, 6) is 1.28. The van der Waals surface area contributed by atoms with Crippen molar-refractivity contribution < 1.29 is 0 Å². The van der Waals surface area contributed by atoms with Crippen molar-refractivity contribution in [1.29, 1.82) is 0 Å². The molecule has 2 aromatic rings. The van der Waals surface area contributed by atoms with Gasteiger partial charge in [-0.3, -0.25) is 4.98 Å². The lowest BCUT2D eigenvalue weighted by molar-refractivity contribution is 0.415. The Morgan fingerprint density at radius 3 is 3.05 bits per heavy atom. The van der Waals surface area contributed by atoms with Crippen molar-refractivity contribution in [3.8, 4) is 0 Å². The monoisotopic (exact) mass is 300 g/mol. The van der Waals surface area contributed by atoms with E-state index >= 15 is 0 Å². The van der Waals surface area contributed by atoms with Crippen molar-refractivity contribution in [3.05, 3.63) is 42.2 Å². The fraction of sp³-hybridized carbons (Fsp3) is 0.500. The Bertz CT molecular complexity index is 600. The maximum atomic E-state index is 4.35. The van der Waals surface area contributed by atoms with Gasteiger partial charge < -0.3 is 5.32 Å². The van der Waals surface area contributed by atoms with E-state index in [1.807, 2.05) is 12.4 Å². The summed E-state index contributed by atoms with van der Waals surface area (Å²) < 4.78 is 0.291. The predicted molar refractivity (Wildman–Crippen MR) is 92.9 cm³/mol. The van der Waals surface area contributed by atoms with Crippen molar-refractivity contribution in [2.45, 2.75) is 43.9 Å². The highest BCUT2D eigenvalue weighted by atomic mass is 32.2. The lowest BCUT2D eigenvalue weighted by atomic mass is 9.88. The number of benzene rings is 1. The molecule has 2 unspecified atom stereocenters. The Morgan fingerprint density at radius 2 is 2.29 bits per heavy atom. The van der Waals surface area contributed by atoms with E-state index in [1.54, 1.807) is 0 Å². The minimum Gasteiger partial charge on any atom is -0.309 e. The maximum absolute atomic E-state index is 4.35. The first-order valence-electron chi connectivity index (χ1n) is 7.94. The van der Waals surface area contributed by atoms with Gasteiger partial charge in [0.1, 0.15) is 0 Å². The van der Waals surface area contributed by atoms with Gasteiger partial charge in [0.15, 0.2) is 0 Å². The molecular formula is C18H24N2S. The second-order valence-electron chi connectivity index (χ2n) is 6.10. The molecule has 1 saturated heterocycles. The third-order valence-corrected chi connectivity index (χ3v) is 6.08. The molecule has 1 fully saturated rings. The Morgan fingerprint density at radius 1 is 1.38 bits per heavy atom. The first-order valence-corrected chi connectivity index (χ1v) is 8.93. The standard InChI is InChI=1S/C18H24N2S/c1-3-10-20-17(18(2)9-5-12-21-18)15-7-4-6-14-8-11-19-13-16(14)15/h4,6-8,11,13,17,20H,3,5,9-10,12H2,1-2H3. The zero-order valence-electron chi connectivity index (χ0n) is 12.9. The molecule has 2 atom stereocenters. The zero-order valence-corrected chi connectivity index (χ0v) is 13.7. The van der Waals surface area contributed by atoms with E-state index in [1.165, 1.54) is 41.4 Å². The van der Waals surface area contributed by atoms with Gasteiger partial charge in [0, 0.05) is 28.6 Å². The number of fused-ring (bicyclic) bond motifs is 1. The van der Waals surface area contributed by atoms with E-state index in [9.17, 15) is 0 Å². The molecule has 1 N–H and O–H groups in total. The molecule has 0 saturated carbocycles. The molecule has 1 aliphatic rings. The van der Waals surface area contributed by atoms with Crippen LogP contribution in [0.15, 0.2) is 36.7 Å². The number of rotatable bonds is 5. The average Bonchev–Trinajstić information content (AvgIpc) is 2.95. The molecule has 0 bridgehead atoms. The van der Waals surface area contributed by atoms with Gasteiger partial charge in [-0.25, -0.2) is 0 Å². The number of hydrogen-bond donors (Lipinski definition) is 1. The van der Waals surface area contributed by atoms with E-state index in [2.05, 4.69) is 60.2 Å². The molecule has 1 aliphatic heterocycles. The molecule has 0 amide bonds. The minimum absolute atomic E-state index is 0.291. The van der Waals surface area contributed by atoms with Crippen molar-refractivity contribution >= 4 is 22.5 Å². The smallest absolute Gasteiger partial charge is 0.0473 e. The maximum Gasteiger partial charge on any atom is 0.0473 e. The highest BCUT2D eigenvalue weighted by molar-refractivity contribution is 8.00. The third-order valence-electron chi connectivity index (χ3n) is 4.49. The largest absolute Gasteiger partial charge is 0.309 e. The van der Waals surface area contributed by atoms with Gasteiger partial charge >= 0.3 is 0 Å². The number of aromatic nitrogens is 1. The number of nitrogens with one attached hydrogen (secondary N) is 1. The number of thioether (sulfide) groups is 1.